The smallest absolute Gasteiger partial charge is 0.257 e. The molecule has 0 aliphatic rings. The Labute approximate surface area is 198 Å². The minimum atomic E-state index is -0.128. The SMILES string of the molecule is O=c1[nH]ccc2nc(-c3ccc(CNCCNc4ccccc4)cc3)c(-c3ccccc3)cc12. The van der Waals surface area contributed by atoms with E-state index in [1.165, 1.54) is 5.56 Å². The van der Waals surface area contributed by atoms with E-state index in [1.807, 2.05) is 60.7 Å². The van der Waals surface area contributed by atoms with Gasteiger partial charge in [-0.15, -0.1) is 0 Å². The predicted molar refractivity (Wildman–Crippen MR) is 140 cm³/mol. The van der Waals surface area contributed by atoms with Gasteiger partial charge in [-0.05, 0) is 35.4 Å². The lowest BCUT2D eigenvalue weighted by atomic mass is 9.97. The predicted octanol–water partition coefficient (Wildman–Crippen LogP) is 5.46. The second-order valence-corrected chi connectivity index (χ2v) is 8.16. The van der Waals surface area contributed by atoms with Gasteiger partial charge >= 0.3 is 0 Å². The Balaban J connectivity index is 1.34. The molecule has 3 N–H and O–H groups in total. The maximum absolute atomic E-state index is 12.4. The van der Waals surface area contributed by atoms with Crippen LogP contribution in [0.1, 0.15) is 5.56 Å². The van der Waals surface area contributed by atoms with E-state index >= 15 is 0 Å². The number of aromatic nitrogens is 2. The second kappa shape index (κ2) is 10.1. The van der Waals surface area contributed by atoms with Crippen molar-refractivity contribution in [2.45, 2.75) is 6.54 Å². The zero-order valence-corrected chi connectivity index (χ0v) is 18.8. The van der Waals surface area contributed by atoms with Crippen molar-refractivity contribution in [1.82, 2.24) is 15.3 Å². The summed E-state index contributed by atoms with van der Waals surface area (Å²) >= 11 is 0. The first kappa shape index (κ1) is 21.6. The maximum Gasteiger partial charge on any atom is 0.257 e. The van der Waals surface area contributed by atoms with Crippen molar-refractivity contribution in [3.05, 3.63) is 119 Å². The van der Waals surface area contributed by atoms with E-state index in [-0.39, 0.29) is 5.56 Å². The fourth-order valence-electron chi connectivity index (χ4n) is 4.03. The number of hydrogen-bond donors (Lipinski definition) is 3. The molecule has 2 heterocycles. The van der Waals surface area contributed by atoms with Crippen LogP contribution >= 0.6 is 0 Å². The number of rotatable bonds is 8. The largest absolute Gasteiger partial charge is 0.384 e. The van der Waals surface area contributed by atoms with Crippen LogP contribution in [0, 0.1) is 0 Å². The lowest BCUT2D eigenvalue weighted by Crippen LogP contribution is -2.21. The van der Waals surface area contributed by atoms with Crippen molar-refractivity contribution in [3.8, 4) is 22.4 Å². The first-order valence-electron chi connectivity index (χ1n) is 11.4. The van der Waals surface area contributed by atoms with Gasteiger partial charge in [0.1, 0.15) is 0 Å². The minimum Gasteiger partial charge on any atom is -0.384 e. The molecule has 0 radical (unpaired) electrons. The zero-order chi connectivity index (χ0) is 23.2. The Hall–Kier alpha value is -4.22. The Morgan fingerprint density at radius 1 is 0.765 bits per heavy atom. The molecule has 0 aliphatic carbocycles. The molecule has 5 nitrogen and oxygen atoms in total. The molecular formula is C29H26N4O. The number of pyridine rings is 2. The Morgan fingerprint density at radius 2 is 1.50 bits per heavy atom. The molecule has 0 atom stereocenters. The van der Waals surface area contributed by atoms with Crippen molar-refractivity contribution in [2.75, 3.05) is 18.4 Å². The molecule has 0 spiro atoms. The molecule has 168 valence electrons. The molecular weight excluding hydrogens is 420 g/mol. The van der Waals surface area contributed by atoms with Crippen molar-refractivity contribution in [1.29, 1.82) is 0 Å². The molecule has 5 aromatic rings. The van der Waals surface area contributed by atoms with Crippen LogP contribution in [0.3, 0.4) is 0 Å². The van der Waals surface area contributed by atoms with Gasteiger partial charge < -0.3 is 15.6 Å². The minimum absolute atomic E-state index is 0.128. The molecule has 5 heteroatoms. The third kappa shape index (κ3) is 4.90. The summed E-state index contributed by atoms with van der Waals surface area (Å²) in [5, 5.41) is 7.48. The molecule has 5 rings (SSSR count). The highest BCUT2D eigenvalue weighted by Gasteiger charge is 2.13. The zero-order valence-electron chi connectivity index (χ0n) is 18.8. The highest BCUT2D eigenvalue weighted by Crippen LogP contribution is 2.32. The fraction of sp³-hybridized carbons (Fsp3) is 0.103. The monoisotopic (exact) mass is 446 g/mol. The van der Waals surface area contributed by atoms with Gasteiger partial charge in [0.15, 0.2) is 0 Å². The third-order valence-corrected chi connectivity index (χ3v) is 5.80. The Bertz CT molecular complexity index is 1430. The van der Waals surface area contributed by atoms with E-state index in [0.29, 0.717) is 10.9 Å². The van der Waals surface area contributed by atoms with Gasteiger partial charge in [0.2, 0.25) is 0 Å². The normalized spacial score (nSPS) is 10.9. The average molecular weight is 447 g/mol. The molecule has 0 unspecified atom stereocenters. The van der Waals surface area contributed by atoms with E-state index in [4.69, 9.17) is 4.98 Å². The standard InChI is InChI=1S/C29H26N4O/c34-29-26-19-25(22-7-3-1-4-8-22)28(33-27(26)15-16-32-29)23-13-11-21(12-14-23)20-30-17-18-31-24-9-5-2-6-10-24/h1-16,19,30-31H,17-18,20H2,(H,32,34). The van der Waals surface area contributed by atoms with Gasteiger partial charge in [-0.3, -0.25) is 4.79 Å². The van der Waals surface area contributed by atoms with E-state index < -0.39 is 0 Å². The average Bonchev–Trinajstić information content (AvgIpc) is 2.90. The molecule has 0 amide bonds. The molecule has 0 saturated heterocycles. The van der Waals surface area contributed by atoms with Crippen LogP contribution in [-0.2, 0) is 6.54 Å². The quantitative estimate of drug-likeness (QED) is 0.277. The van der Waals surface area contributed by atoms with Gasteiger partial charge in [0.25, 0.3) is 5.56 Å². The summed E-state index contributed by atoms with van der Waals surface area (Å²) in [6, 6.07) is 32.6. The summed E-state index contributed by atoms with van der Waals surface area (Å²) in [5.41, 5.74) is 6.78. The van der Waals surface area contributed by atoms with E-state index in [0.717, 1.165) is 47.7 Å². The highest BCUT2D eigenvalue weighted by molar-refractivity contribution is 5.91. The van der Waals surface area contributed by atoms with Crippen LogP contribution in [0.15, 0.2) is 108 Å². The second-order valence-electron chi connectivity index (χ2n) is 8.16. The van der Waals surface area contributed by atoms with Gasteiger partial charge in [0, 0.05) is 42.6 Å². The number of H-pyrrole nitrogens is 1. The number of nitrogens with one attached hydrogen (secondary N) is 3. The number of anilines is 1. The molecule has 0 fully saturated rings. The van der Waals surface area contributed by atoms with Gasteiger partial charge in [-0.1, -0.05) is 72.8 Å². The van der Waals surface area contributed by atoms with Gasteiger partial charge in [-0.2, -0.15) is 0 Å². The highest BCUT2D eigenvalue weighted by atomic mass is 16.1. The lowest BCUT2D eigenvalue weighted by molar-refractivity contribution is 0.707. The fourth-order valence-corrected chi connectivity index (χ4v) is 4.03. The van der Waals surface area contributed by atoms with E-state index in [2.05, 4.69) is 52.0 Å². The summed E-state index contributed by atoms with van der Waals surface area (Å²) in [6.07, 6.45) is 1.64. The van der Waals surface area contributed by atoms with Crippen molar-refractivity contribution >= 4 is 16.6 Å². The van der Waals surface area contributed by atoms with Crippen LogP contribution < -0.4 is 16.2 Å². The Morgan fingerprint density at radius 3 is 2.26 bits per heavy atom. The number of benzene rings is 3. The van der Waals surface area contributed by atoms with Crippen molar-refractivity contribution in [2.24, 2.45) is 0 Å². The summed E-state index contributed by atoms with van der Waals surface area (Å²) in [6.45, 7) is 2.53. The van der Waals surface area contributed by atoms with E-state index in [1.54, 1.807) is 6.20 Å². The molecule has 34 heavy (non-hydrogen) atoms. The summed E-state index contributed by atoms with van der Waals surface area (Å²) in [7, 11) is 0. The number of nitrogens with zero attached hydrogens (tertiary/aromatic N) is 1. The Kier molecular flexibility index (Phi) is 6.45. The van der Waals surface area contributed by atoms with Crippen LogP contribution in [0.25, 0.3) is 33.3 Å². The van der Waals surface area contributed by atoms with Crippen molar-refractivity contribution in [3.63, 3.8) is 0 Å². The summed E-state index contributed by atoms with van der Waals surface area (Å²) < 4.78 is 0. The molecule has 3 aromatic carbocycles. The number of hydrogen-bond acceptors (Lipinski definition) is 4. The number of fused-ring (bicyclic) bond motifs is 1. The topological polar surface area (TPSA) is 69.8 Å². The maximum atomic E-state index is 12.4. The van der Waals surface area contributed by atoms with Crippen LogP contribution in [-0.4, -0.2) is 23.1 Å². The molecule has 0 aliphatic heterocycles. The molecule has 0 saturated carbocycles. The molecule has 0 bridgehead atoms. The van der Waals surface area contributed by atoms with Crippen LogP contribution in [0.5, 0.6) is 0 Å². The molecule has 2 aromatic heterocycles. The lowest BCUT2D eigenvalue weighted by Gasteiger charge is -2.12. The first-order chi connectivity index (χ1) is 16.8. The van der Waals surface area contributed by atoms with Crippen molar-refractivity contribution < 1.29 is 0 Å². The first-order valence-corrected chi connectivity index (χ1v) is 11.4. The van der Waals surface area contributed by atoms with E-state index in [9.17, 15) is 4.79 Å². The summed E-state index contributed by atoms with van der Waals surface area (Å²) in [5.74, 6) is 0. The number of para-hydroxylation sites is 1. The van der Waals surface area contributed by atoms with Gasteiger partial charge in [-0.25, -0.2) is 4.98 Å². The summed E-state index contributed by atoms with van der Waals surface area (Å²) in [4.78, 5) is 20.0. The van der Waals surface area contributed by atoms with Crippen LogP contribution in [0.2, 0.25) is 0 Å². The number of aromatic amines is 1. The van der Waals surface area contributed by atoms with Gasteiger partial charge in [0.05, 0.1) is 16.6 Å². The third-order valence-electron chi connectivity index (χ3n) is 5.80. The van der Waals surface area contributed by atoms with Crippen LogP contribution in [0.4, 0.5) is 5.69 Å².